The van der Waals surface area contributed by atoms with Crippen LogP contribution in [0.2, 0.25) is 0 Å². The van der Waals surface area contributed by atoms with Gasteiger partial charge in [0.25, 0.3) is 23.6 Å². The first kappa shape index (κ1) is 92.3. The van der Waals surface area contributed by atoms with E-state index < -0.39 is 95.8 Å². The first-order chi connectivity index (χ1) is 58.6. The number of nitrogens with two attached hydrogens (primary N) is 2. The van der Waals surface area contributed by atoms with Gasteiger partial charge in [-0.25, -0.2) is 19.2 Å². The van der Waals surface area contributed by atoms with E-state index in [9.17, 15) is 57.5 Å². The van der Waals surface area contributed by atoms with E-state index >= 15 is 0 Å². The number of carbonyl (C=O) groups excluding carboxylic acids is 12. The summed E-state index contributed by atoms with van der Waals surface area (Å²) in [7, 11) is 5.29. The molecule has 15 N–H and O–H groups in total. The molecule has 33 heteroatoms. The third-order valence-corrected chi connectivity index (χ3v) is 18.7. The van der Waals surface area contributed by atoms with Crippen LogP contribution in [0.15, 0.2) is 194 Å². The van der Waals surface area contributed by atoms with Crippen molar-refractivity contribution in [3.63, 3.8) is 0 Å². The van der Waals surface area contributed by atoms with Gasteiger partial charge in [-0.05, 0) is 172 Å². The molecule has 0 radical (unpaired) electrons. The molecule has 0 aliphatic rings. The average Bonchev–Trinajstić information content (AvgIpc) is 0.829. The highest BCUT2D eigenvalue weighted by Gasteiger charge is 2.30. The number of ether oxygens (including phenoxy) is 8. The lowest BCUT2D eigenvalue weighted by molar-refractivity contribution is -0.118. The summed E-state index contributed by atoms with van der Waals surface area (Å²) in [5.74, 6) is -5.85. The van der Waals surface area contributed by atoms with Gasteiger partial charge >= 0.3 is 24.4 Å². The Labute approximate surface area is 700 Å². The molecule has 0 unspecified atom stereocenters. The van der Waals surface area contributed by atoms with E-state index in [0.29, 0.717) is 25.7 Å². The number of alkyl carbamates (subject to hydrolysis) is 4. The molecule has 4 atom stereocenters. The number of unbranched alkanes of at least 4 members (excludes halogenated alkanes) is 4. The Kier molecular flexibility index (Phi) is 37.9. The molecule has 0 saturated carbocycles. The molecule has 0 bridgehead atoms. The van der Waals surface area contributed by atoms with E-state index in [1.165, 1.54) is 101 Å². The van der Waals surface area contributed by atoms with Crippen LogP contribution >= 0.6 is 0 Å². The van der Waals surface area contributed by atoms with Crippen LogP contribution in [0.4, 0.5) is 41.9 Å². The van der Waals surface area contributed by atoms with E-state index in [4.69, 9.17) is 49.4 Å². The Hall–Kier alpha value is -14.2. The Morgan fingerprint density at radius 3 is 0.793 bits per heavy atom. The first-order valence-electron chi connectivity index (χ1n) is 39.3. The fourth-order valence-electron chi connectivity index (χ4n) is 12.2. The Balaban J connectivity index is 0.975. The van der Waals surface area contributed by atoms with Gasteiger partial charge in [0.2, 0.25) is 23.6 Å². The Bertz CT molecular complexity index is 4780. The lowest BCUT2D eigenvalue weighted by Gasteiger charge is -2.22. The van der Waals surface area contributed by atoms with Gasteiger partial charge in [0.05, 0.1) is 56.7 Å². The molecule has 0 fully saturated rings. The van der Waals surface area contributed by atoms with Crippen LogP contribution in [0.25, 0.3) is 0 Å². The highest BCUT2D eigenvalue weighted by Crippen LogP contribution is 2.29. The van der Waals surface area contributed by atoms with Gasteiger partial charge in [0.15, 0.2) is 0 Å². The van der Waals surface area contributed by atoms with Crippen LogP contribution < -0.4 is 88.9 Å². The van der Waals surface area contributed by atoms with Gasteiger partial charge in [0.1, 0.15) is 67.6 Å². The molecular weight excluding hydrogens is 1560 g/mol. The molecule has 121 heavy (non-hydrogen) atoms. The van der Waals surface area contributed by atoms with Crippen LogP contribution in [-0.4, -0.2) is 150 Å². The van der Waals surface area contributed by atoms with Crippen LogP contribution in [0.5, 0.6) is 23.0 Å². The van der Waals surface area contributed by atoms with Gasteiger partial charge in [-0.3, -0.25) is 38.4 Å². The molecule has 0 aliphatic heterocycles. The van der Waals surface area contributed by atoms with Crippen molar-refractivity contribution in [1.82, 2.24) is 37.2 Å². The zero-order valence-corrected chi connectivity index (χ0v) is 67.7. The van der Waals surface area contributed by atoms with Gasteiger partial charge < -0.3 is 108 Å². The number of anilines is 4. The first-order valence-corrected chi connectivity index (χ1v) is 39.3. The van der Waals surface area contributed by atoms with Crippen molar-refractivity contribution in [3.05, 3.63) is 239 Å². The minimum atomic E-state index is -1.37. The van der Waals surface area contributed by atoms with Crippen LogP contribution in [-0.2, 0) is 64.6 Å². The van der Waals surface area contributed by atoms with E-state index in [0.717, 1.165) is 22.3 Å². The van der Waals surface area contributed by atoms with Crippen LogP contribution in [0, 0.1) is 0 Å². The standard InChI is InChI=1S/C88H103N13O20/c1-114-73-41-37-61(49-65(73)77(90)102)96-82(107)70(34-18-22-46-92-86(111)119-54-58-27-11-6-12-28-58)99-79(104)67-51-63(39-43-75(67)116-3)98-84(109)72(36-20-24-48-94-88(113)121-56-60-31-15-8-16-32-60)101-80(105)68-52-64(40-44-76(68)117-4)97-83(108)71(35-19-23-47-93-87(112)120-55-59-29-13-7-14-30-59)100-78(103)66-50-62(38-42-74(66)115-2)95-81(106)69(89)33-17-21-45-91-85(110)118-53-57-25-9-5-10-26-57/h5-16,25-32,37-44,49-52,69-72H,17-24,33-36,45-48,53-56,89H2,1-4H3,(H2,90,102)(H,91,110)(H,92,111)(H,93,112)(H,94,113)(H,95,106)(H,96,107)(H,97,108)(H,98,109)(H,99,104)(H,100,103)(H,101,105)/t69-,70-,71-,72-/m0/s1. The topological polar surface area (TPSA) is 463 Å². The number of amides is 12. The second kappa shape index (κ2) is 49.7. The highest BCUT2D eigenvalue weighted by atomic mass is 16.6. The Morgan fingerprint density at radius 2 is 0.537 bits per heavy atom. The summed E-state index contributed by atoms with van der Waals surface area (Å²) in [6.07, 6.45) is 0.246. The van der Waals surface area contributed by atoms with E-state index in [1.807, 2.05) is 97.1 Å². The van der Waals surface area contributed by atoms with Crippen molar-refractivity contribution >= 4 is 94.4 Å². The van der Waals surface area contributed by atoms with Crippen molar-refractivity contribution in [2.75, 3.05) is 75.9 Å². The third kappa shape index (κ3) is 31.6. The number of rotatable bonds is 47. The van der Waals surface area contributed by atoms with Gasteiger partial charge in [-0.1, -0.05) is 121 Å². The lowest BCUT2D eigenvalue weighted by Crippen LogP contribution is -2.44. The van der Waals surface area contributed by atoms with Crippen molar-refractivity contribution < 1.29 is 95.4 Å². The molecule has 0 aromatic heterocycles. The van der Waals surface area contributed by atoms with E-state index in [2.05, 4.69) is 58.5 Å². The maximum absolute atomic E-state index is 14.9. The van der Waals surface area contributed by atoms with Gasteiger partial charge in [-0.2, -0.15) is 0 Å². The number of hydrogen-bond donors (Lipinski definition) is 13. The molecule has 0 aliphatic carbocycles. The van der Waals surface area contributed by atoms with Gasteiger partial charge in [-0.15, -0.1) is 0 Å². The molecule has 0 heterocycles. The molecule has 8 aromatic rings. The average molecular weight is 1660 g/mol. The fraction of sp³-hybridized carbons (Fsp3) is 0.318. The fourth-order valence-corrected chi connectivity index (χ4v) is 12.2. The number of hydrogen-bond acceptors (Lipinski definition) is 21. The van der Waals surface area contributed by atoms with Crippen molar-refractivity contribution in [2.45, 2.75) is 128 Å². The molecule has 8 aromatic carbocycles. The van der Waals surface area contributed by atoms with E-state index in [1.54, 1.807) is 24.3 Å². The van der Waals surface area contributed by atoms with Crippen molar-refractivity contribution in [3.8, 4) is 23.0 Å². The summed E-state index contributed by atoms with van der Waals surface area (Å²) in [5.41, 5.74) is 15.1. The predicted molar refractivity (Wildman–Crippen MR) is 451 cm³/mol. The SMILES string of the molecule is COc1ccc(NC(=O)[C@H](CCCCNC(=O)OCc2ccccc2)NC(=O)c2cc(NC(=O)[C@H](CCCCNC(=O)OCc3ccccc3)NC(=O)c3cc(NC(=O)[C@H](CCCCNC(=O)OCc4ccccc4)NC(=O)c4cc(NC(=O)[C@@H](N)CCCCNC(=O)OCc5ccccc5)ccc4OC)ccc3OC)ccc2OC)cc1C(N)=O. The molecule has 33 nitrogen and oxygen atoms in total. The second-order valence-electron chi connectivity index (χ2n) is 27.6. The monoisotopic (exact) mass is 1660 g/mol. The van der Waals surface area contributed by atoms with Crippen molar-refractivity contribution in [1.29, 1.82) is 0 Å². The lowest BCUT2D eigenvalue weighted by atomic mass is 10.0. The number of benzene rings is 8. The molecular formula is C88H103N13O20. The molecule has 0 spiro atoms. The number of carbonyl (C=O) groups is 12. The highest BCUT2D eigenvalue weighted by molar-refractivity contribution is 6.08. The maximum Gasteiger partial charge on any atom is 0.407 e. The molecule has 0 saturated heterocycles. The largest absolute Gasteiger partial charge is 0.496 e. The van der Waals surface area contributed by atoms with Gasteiger partial charge in [0, 0.05) is 48.9 Å². The zero-order chi connectivity index (χ0) is 86.7. The number of nitrogens with one attached hydrogen (secondary N) is 11. The molecule has 8 rings (SSSR count). The summed E-state index contributed by atoms with van der Waals surface area (Å²) in [5, 5.41) is 30.2. The molecule has 640 valence electrons. The number of primary amides is 1. The maximum atomic E-state index is 14.9. The molecule has 12 amide bonds. The quantitative estimate of drug-likeness (QED) is 0.0124. The number of methoxy groups -OCH3 is 4. The third-order valence-electron chi connectivity index (χ3n) is 18.7. The minimum absolute atomic E-state index is 0.00638. The Morgan fingerprint density at radius 1 is 0.298 bits per heavy atom. The predicted octanol–water partition coefficient (Wildman–Crippen LogP) is 10.7. The van der Waals surface area contributed by atoms with Crippen LogP contribution in [0.1, 0.15) is 141 Å². The summed E-state index contributed by atoms with van der Waals surface area (Å²) < 4.78 is 43.5. The van der Waals surface area contributed by atoms with Crippen LogP contribution in [0.3, 0.4) is 0 Å². The smallest absolute Gasteiger partial charge is 0.407 e. The summed E-state index contributed by atoms with van der Waals surface area (Å²) in [6.45, 7) is 0.847. The van der Waals surface area contributed by atoms with E-state index in [-0.39, 0.29) is 172 Å². The summed E-state index contributed by atoms with van der Waals surface area (Å²) in [4.78, 5) is 164. The second-order valence-corrected chi connectivity index (χ2v) is 27.6. The summed E-state index contributed by atoms with van der Waals surface area (Å²) in [6, 6.07) is 48.3. The normalized spacial score (nSPS) is 11.6. The minimum Gasteiger partial charge on any atom is -0.496 e. The summed E-state index contributed by atoms with van der Waals surface area (Å²) >= 11 is 0. The zero-order valence-electron chi connectivity index (χ0n) is 67.7. The van der Waals surface area contributed by atoms with Crippen molar-refractivity contribution in [2.24, 2.45) is 11.5 Å².